The van der Waals surface area contributed by atoms with Crippen LogP contribution in [0, 0.1) is 0 Å². The molecule has 3 aromatic rings. The Labute approximate surface area is 185 Å². The maximum Gasteiger partial charge on any atom is 0.249 e. The summed E-state index contributed by atoms with van der Waals surface area (Å²) in [7, 11) is 0. The molecule has 2 aromatic carbocycles. The Morgan fingerprint density at radius 1 is 1.20 bits per heavy atom. The molecule has 0 saturated heterocycles. The lowest BCUT2D eigenvalue weighted by molar-refractivity contribution is -0.119. The van der Waals surface area contributed by atoms with Gasteiger partial charge in [0.1, 0.15) is 0 Å². The quantitative estimate of drug-likeness (QED) is 0.526. The molecule has 0 radical (unpaired) electrons. The van der Waals surface area contributed by atoms with E-state index < -0.39 is 0 Å². The molecular formula is C22H23ClN4O2S. The molecule has 1 aliphatic rings. The number of fused-ring (bicyclic) bond motifs is 1. The number of hydrogen-bond acceptors (Lipinski definition) is 6. The van der Waals surface area contributed by atoms with Gasteiger partial charge in [-0.2, -0.15) is 0 Å². The number of benzene rings is 2. The van der Waals surface area contributed by atoms with Crippen molar-refractivity contribution in [1.29, 1.82) is 0 Å². The summed E-state index contributed by atoms with van der Waals surface area (Å²) in [6.45, 7) is 4.29. The van der Waals surface area contributed by atoms with E-state index in [1.807, 2.05) is 41.3 Å². The van der Waals surface area contributed by atoms with Gasteiger partial charge in [0.05, 0.1) is 29.4 Å². The number of carbonyl (C=O) groups is 1. The van der Waals surface area contributed by atoms with Crippen LogP contribution in [0.2, 0.25) is 5.02 Å². The van der Waals surface area contributed by atoms with Gasteiger partial charge in [-0.1, -0.05) is 42.8 Å². The van der Waals surface area contributed by atoms with Crippen LogP contribution in [0.5, 0.6) is 0 Å². The van der Waals surface area contributed by atoms with Gasteiger partial charge in [0.25, 0.3) is 0 Å². The molecule has 0 saturated carbocycles. The average Bonchev–Trinajstić information content (AvgIpc) is 3.22. The first kappa shape index (κ1) is 20.9. The van der Waals surface area contributed by atoms with E-state index in [1.54, 1.807) is 17.8 Å². The minimum atomic E-state index is 0.0852. The van der Waals surface area contributed by atoms with E-state index in [2.05, 4.69) is 28.1 Å². The Morgan fingerprint density at radius 3 is 2.83 bits per heavy atom. The van der Waals surface area contributed by atoms with Crippen LogP contribution in [0.15, 0.2) is 57.8 Å². The van der Waals surface area contributed by atoms with E-state index in [1.165, 1.54) is 0 Å². The Kier molecular flexibility index (Phi) is 6.72. The Morgan fingerprint density at radius 2 is 2.00 bits per heavy atom. The van der Waals surface area contributed by atoms with Crippen LogP contribution in [0.25, 0.3) is 11.5 Å². The third-order valence-corrected chi connectivity index (χ3v) is 6.23. The van der Waals surface area contributed by atoms with Gasteiger partial charge < -0.3 is 9.32 Å². The van der Waals surface area contributed by atoms with Gasteiger partial charge in [-0.25, -0.2) is 0 Å². The fraction of sp³-hybridized carbons (Fsp3) is 0.318. The fourth-order valence-corrected chi connectivity index (χ4v) is 4.70. The number of thioether (sulfide) groups is 1. The summed E-state index contributed by atoms with van der Waals surface area (Å²) in [5.41, 5.74) is 1.70. The predicted molar refractivity (Wildman–Crippen MR) is 120 cm³/mol. The van der Waals surface area contributed by atoms with Crippen molar-refractivity contribution in [2.24, 2.45) is 0 Å². The van der Waals surface area contributed by atoms with Crippen molar-refractivity contribution < 1.29 is 9.21 Å². The smallest absolute Gasteiger partial charge is 0.249 e. The molecule has 0 aliphatic carbocycles. The van der Waals surface area contributed by atoms with Gasteiger partial charge in [-0.15, -0.1) is 22.0 Å². The monoisotopic (exact) mass is 442 g/mol. The summed E-state index contributed by atoms with van der Waals surface area (Å²) >= 11 is 8.02. The summed E-state index contributed by atoms with van der Waals surface area (Å²) in [6, 6.07) is 15.4. The summed E-state index contributed by atoms with van der Waals surface area (Å²) in [5, 5.41) is 8.86. The highest BCUT2D eigenvalue weighted by Gasteiger charge is 2.25. The molecule has 1 aromatic heterocycles. The summed E-state index contributed by atoms with van der Waals surface area (Å²) in [4.78, 5) is 18.2. The number of para-hydroxylation sites is 1. The van der Waals surface area contributed by atoms with E-state index in [-0.39, 0.29) is 5.91 Å². The average molecular weight is 443 g/mol. The molecule has 4 rings (SSSR count). The topological polar surface area (TPSA) is 62.5 Å². The molecule has 6 nitrogen and oxygen atoms in total. The zero-order valence-electron chi connectivity index (χ0n) is 16.8. The summed E-state index contributed by atoms with van der Waals surface area (Å²) in [5.74, 6) is 1.85. The van der Waals surface area contributed by atoms with Crippen molar-refractivity contribution in [2.45, 2.75) is 24.8 Å². The molecule has 1 amide bonds. The minimum Gasteiger partial charge on any atom is -0.419 e. The third-order valence-electron chi connectivity index (χ3n) is 4.86. The van der Waals surface area contributed by atoms with Crippen LogP contribution in [-0.4, -0.2) is 46.4 Å². The highest BCUT2D eigenvalue weighted by molar-refractivity contribution is 7.99. The molecule has 0 unspecified atom stereocenters. The Hall–Kier alpha value is -2.35. The van der Waals surface area contributed by atoms with Gasteiger partial charge in [-0.3, -0.25) is 9.69 Å². The van der Waals surface area contributed by atoms with Gasteiger partial charge in [0.15, 0.2) is 0 Å². The van der Waals surface area contributed by atoms with E-state index >= 15 is 0 Å². The SMILES string of the molecule is CCCN(CC(=O)N1CCSc2ccccc21)Cc1nnc(-c2ccccc2Cl)o1. The van der Waals surface area contributed by atoms with Crippen LogP contribution in [-0.2, 0) is 11.3 Å². The Bertz CT molecular complexity index is 1030. The second kappa shape index (κ2) is 9.64. The van der Waals surface area contributed by atoms with Crippen molar-refractivity contribution in [3.8, 4) is 11.5 Å². The number of nitrogens with zero attached hydrogens (tertiary/aromatic N) is 4. The second-order valence-corrected chi connectivity index (χ2v) is 8.60. The van der Waals surface area contributed by atoms with Crippen molar-refractivity contribution >= 4 is 35.0 Å². The predicted octanol–water partition coefficient (Wildman–Crippen LogP) is 4.74. The number of hydrogen-bond donors (Lipinski definition) is 0. The lowest BCUT2D eigenvalue weighted by atomic mass is 10.2. The maximum atomic E-state index is 13.1. The minimum absolute atomic E-state index is 0.0852. The zero-order valence-corrected chi connectivity index (χ0v) is 18.3. The van der Waals surface area contributed by atoms with Crippen LogP contribution in [0.4, 0.5) is 5.69 Å². The van der Waals surface area contributed by atoms with Crippen LogP contribution >= 0.6 is 23.4 Å². The van der Waals surface area contributed by atoms with Crippen LogP contribution < -0.4 is 4.90 Å². The molecule has 0 N–H and O–H groups in total. The maximum absolute atomic E-state index is 13.1. The molecule has 1 aliphatic heterocycles. The van der Waals surface area contributed by atoms with Gasteiger partial charge in [0, 0.05) is 17.2 Å². The molecule has 0 fully saturated rings. The largest absolute Gasteiger partial charge is 0.419 e. The highest BCUT2D eigenvalue weighted by Crippen LogP contribution is 2.34. The van der Waals surface area contributed by atoms with Gasteiger partial charge >= 0.3 is 0 Å². The first-order chi connectivity index (χ1) is 14.7. The normalized spacial score (nSPS) is 13.5. The van der Waals surface area contributed by atoms with Gasteiger partial charge in [0.2, 0.25) is 17.7 Å². The molecular weight excluding hydrogens is 420 g/mol. The molecule has 0 spiro atoms. The van der Waals surface area contributed by atoms with Crippen LogP contribution in [0.1, 0.15) is 19.2 Å². The molecule has 0 atom stereocenters. The molecule has 30 heavy (non-hydrogen) atoms. The fourth-order valence-electron chi connectivity index (χ4n) is 3.49. The number of anilines is 1. The van der Waals surface area contributed by atoms with E-state index in [9.17, 15) is 4.79 Å². The zero-order chi connectivity index (χ0) is 20.9. The second-order valence-electron chi connectivity index (χ2n) is 7.05. The molecule has 156 valence electrons. The van der Waals surface area contributed by atoms with Crippen molar-refractivity contribution in [3.63, 3.8) is 0 Å². The molecule has 0 bridgehead atoms. The van der Waals surface area contributed by atoms with Crippen molar-refractivity contribution in [2.75, 3.05) is 30.3 Å². The van der Waals surface area contributed by atoms with E-state index in [0.29, 0.717) is 35.5 Å². The number of amides is 1. The lowest BCUT2D eigenvalue weighted by Crippen LogP contribution is -2.42. The number of carbonyl (C=O) groups excluding carboxylic acids is 1. The highest BCUT2D eigenvalue weighted by atomic mass is 35.5. The number of halogens is 1. The molecule has 2 heterocycles. The Balaban J connectivity index is 1.46. The first-order valence-corrected chi connectivity index (χ1v) is 11.3. The van der Waals surface area contributed by atoms with Crippen molar-refractivity contribution in [1.82, 2.24) is 15.1 Å². The third kappa shape index (κ3) is 4.69. The first-order valence-electron chi connectivity index (χ1n) is 9.97. The summed E-state index contributed by atoms with van der Waals surface area (Å²) < 4.78 is 5.83. The van der Waals surface area contributed by atoms with Crippen molar-refractivity contribution in [3.05, 3.63) is 59.4 Å². The molecule has 8 heteroatoms. The summed E-state index contributed by atoms with van der Waals surface area (Å²) in [6.07, 6.45) is 0.922. The number of rotatable bonds is 7. The van der Waals surface area contributed by atoms with Crippen LogP contribution in [0.3, 0.4) is 0 Å². The van der Waals surface area contributed by atoms with E-state index in [0.717, 1.165) is 35.8 Å². The number of aromatic nitrogens is 2. The van der Waals surface area contributed by atoms with Gasteiger partial charge in [-0.05, 0) is 37.2 Å². The lowest BCUT2D eigenvalue weighted by Gasteiger charge is -2.31. The standard InChI is InChI=1S/C22H23ClN4O2S/c1-2-11-26(14-20-24-25-22(29-20)16-7-3-4-8-17(16)23)15-21(28)27-12-13-30-19-10-6-5-9-18(19)27/h3-10H,2,11-15H2,1H3. The van der Waals surface area contributed by atoms with E-state index in [4.69, 9.17) is 16.0 Å².